The minimum absolute atomic E-state index is 0.0459. The molecule has 0 unspecified atom stereocenters. The Bertz CT molecular complexity index is 954. The molecule has 3 rings (SSSR count). The van der Waals surface area contributed by atoms with E-state index in [-0.39, 0.29) is 11.4 Å². The van der Waals surface area contributed by atoms with Gasteiger partial charge in [0.25, 0.3) is 0 Å². The molecule has 9 heteroatoms. The minimum atomic E-state index is -3.71. The molecule has 1 N–H and O–H groups in total. The van der Waals surface area contributed by atoms with Crippen LogP contribution in [0.25, 0.3) is 5.69 Å². The predicted molar refractivity (Wildman–Crippen MR) is 89.4 cm³/mol. The van der Waals surface area contributed by atoms with Crippen LogP contribution < -0.4 is 4.72 Å². The average molecular weight is 364 g/mol. The van der Waals surface area contributed by atoms with Crippen molar-refractivity contribution >= 4 is 21.6 Å². The van der Waals surface area contributed by atoms with Crippen LogP contribution in [0.1, 0.15) is 11.4 Å². The van der Waals surface area contributed by atoms with Crippen LogP contribution in [-0.4, -0.2) is 28.6 Å². The van der Waals surface area contributed by atoms with Crippen LogP contribution >= 0.6 is 11.6 Å². The lowest BCUT2D eigenvalue weighted by Crippen LogP contribution is -2.25. The Kier molecular flexibility index (Phi) is 4.61. The third kappa shape index (κ3) is 3.61. The number of hydrogen-bond acceptors (Lipinski definition) is 5. The molecule has 0 spiro atoms. The summed E-state index contributed by atoms with van der Waals surface area (Å²) in [6.45, 7) is 1.93. The smallest absolute Gasteiger partial charge is 0.207 e. The molecular weight excluding hydrogens is 350 g/mol. The van der Waals surface area contributed by atoms with E-state index >= 15 is 0 Å². The normalized spacial score (nSPS) is 11.6. The van der Waals surface area contributed by atoms with E-state index in [1.165, 1.54) is 16.8 Å². The van der Waals surface area contributed by atoms with Crippen LogP contribution in [0, 0.1) is 6.92 Å². The average Bonchev–Trinajstić information content (AvgIpc) is 3.02. The zero-order valence-electron chi connectivity index (χ0n) is 12.7. The molecule has 0 aliphatic rings. The largest absolute Gasteiger partial charge is 0.241 e. The highest BCUT2D eigenvalue weighted by Gasteiger charge is 2.16. The zero-order valence-corrected chi connectivity index (χ0v) is 14.3. The van der Waals surface area contributed by atoms with E-state index in [1.807, 2.05) is 31.2 Å². The van der Waals surface area contributed by atoms with Gasteiger partial charge < -0.3 is 0 Å². The molecule has 3 aromatic rings. The SMILES string of the molecule is Cc1ccc(-n2nnnc2CNS(=O)(=O)c2cccc(Cl)c2)cc1. The van der Waals surface area contributed by atoms with Gasteiger partial charge in [-0.3, -0.25) is 0 Å². The number of sulfonamides is 1. The third-order valence-electron chi connectivity index (χ3n) is 3.34. The van der Waals surface area contributed by atoms with E-state index in [0.29, 0.717) is 10.8 Å². The van der Waals surface area contributed by atoms with E-state index in [9.17, 15) is 8.42 Å². The molecule has 0 fully saturated rings. The van der Waals surface area contributed by atoms with Crippen molar-refractivity contribution in [1.82, 2.24) is 24.9 Å². The van der Waals surface area contributed by atoms with E-state index in [1.54, 1.807) is 12.1 Å². The highest BCUT2D eigenvalue weighted by Crippen LogP contribution is 2.16. The molecule has 124 valence electrons. The van der Waals surface area contributed by atoms with Crippen molar-refractivity contribution in [2.45, 2.75) is 18.4 Å². The van der Waals surface area contributed by atoms with Gasteiger partial charge in [-0.2, -0.15) is 4.68 Å². The maximum Gasteiger partial charge on any atom is 0.241 e. The van der Waals surface area contributed by atoms with Gasteiger partial charge in [-0.05, 0) is 47.7 Å². The summed E-state index contributed by atoms with van der Waals surface area (Å²) >= 11 is 5.84. The Morgan fingerprint density at radius 1 is 1.17 bits per heavy atom. The number of tetrazole rings is 1. The van der Waals surface area contributed by atoms with Crippen molar-refractivity contribution in [3.8, 4) is 5.69 Å². The molecule has 1 heterocycles. The fraction of sp³-hybridized carbons (Fsp3) is 0.133. The second-order valence-corrected chi connectivity index (χ2v) is 7.33. The van der Waals surface area contributed by atoms with Gasteiger partial charge in [-0.1, -0.05) is 35.4 Å². The van der Waals surface area contributed by atoms with Crippen molar-refractivity contribution in [3.05, 3.63) is 64.9 Å². The van der Waals surface area contributed by atoms with Crippen molar-refractivity contribution in [3.63, 3.8) is 0 Å². The number of hydrogen-bond donors (Lipinski definition) is 1. The molecule has 24 heavy (non-hydrogen) atoms. The van der Waals surface area contributed by atoms with Gasteiger partial charge in [-0.15, -0.1) is 5.10 Å². The second-order valence-electron chi connectivity index (χ2n) is 5.12. The van der Waals surface area contributed by atoms with Crippen LogP contribution in [0.3, 0.4) is 0 Å². The maximum absolute atomic E-state index is 12.3. The fourth-order valence-corrected chi connectivity index (χ4v) is 3.36. The molecule has 0 saturated heterocycles. The Hall–Kier alpha value is -2.29. The first kappa shape index (κ1) is 16.6. The molecule has 0 aliphatic heterocycles. The standard InChI is InChI=1S/C15H14ClN5O2S/c1-11-5-7-13(8-6-11)21-15(18-19-20-21)10-17-24(22,23)14-4-2-3-12(16)9-14/h2-9,17H,10H2,1H3. The highest BCUT2D eigenvalue weighted by molar-refractivity contribution is 7.89. The highest BCUT2D eigenvalue weighted by atomic mass is 35.5. The van der Waals surface area contributed by atoms with Crippen LogP contribution in [-0.2, 0) is 16.6 Å². The maximum atomic E-state index is 12.3. The summed E-state index contributed by atoms with van der Waals surface area (Å²) in [4.78, 5) is 0.0874. The van der Waals surface area contributed by atoms with Crippen molar-refractivity contribution in [2.75, 3.05) is 0 Å². The Labute approximate surface area is 144 Å². The molecule has 0 amide bonds. The zero-order chi connectivity index (χ0) is 17.2. The molecule has 0 saturated carbocycles. The summed E-state index contributed by atoms with van der Waals surface area (Å²) in [6, 6.07) is 13.6. The lowest BCUT2D eigenvalue weighted by atomic mass is 10.2. The molecule has 1 aromatic heterocycles. The van der Waals surface area contributed by atoms with Gasteiger partial charge in [0.15, 0.2) is 5.82 Å². The lowest BCUT2D eigenvalue weighted by Gasteiger charge is -2.08. The first-order valence-electron chi connectivity index (χ1n) is 7.05. The third-order valence-corrected chi connectivity index (χ3v) is 4.97. The molecule has 0 atom stereocenters. The number of aryl methyl sites for hydroxylation is 1. The van der Waals surface area contributed by atoms with Crippen LogP contribution in [0.2, 0.25) is 5.02 Å². The summed E-state index contributed by atoms with van der Waals surface area (Å²) in [6.07, 6.45) is 0. The summed E-state index contributed by atoms with van der Waals surface area (Å²) in [7, 11) is -3.71. The van der Waals surface area contributed by atoms with Crippen molar-refractivity contribution in [2.24, 2.45) is 0 Å². The molecule has 0 aliphatic carbocycles. The number of halogens is 1. The van der Waals surface area contributed by atoms with Gasteiger partial charge >= 0.3 is 0 Å². The van der Waals surface area contributed by atoms with Crippen LogP contribution in [0.15, 0.2) is 53.4 Å². The monoisotopic (exact) mass is 363 g/mol. The van der Waals surface area contributed by atoms with Crippen molar-refractivity contribution in [1.29, 1.82) is 0 Å². The van der Waals surface area contributed by atoms with Crippen molar-refractivity contribution < 1.29 is 8.42 Å². The first-order valence-corrected chi connectivity index (χ1v) is 8.91. The van der Waals surface area contributed by atoms with Crippen LogP contribution in [0.4, 0.5) is 0 Å². The van der Waals surface area contributed by atoms with Gasteiger partial charge in [0.1, 0.15) is 0 Å². The van der Waals surface area contributed by atoms with Gasteiger partial charge in [-0.25, -0.2) is 13.1 Å². The summed E-state index contributed by atoms with van der Waals surface area (Å²) in [5, 5.41) is 11.7. The molecular formula is C15H14ClN5O2S. The summed E-state index contributed by atoms with van der Waals surface area (Å²) in [5.41, 5.74) is 1.86. The second kappa shape index (κ2) is 6.68. The number of rotatable bonds is 5. The molecule has 0 radical (unpaired) electrons. The summed E-state index contributed by atoms with van der Waals surface area (Å²) in [5.74, 6) is 0.379. The molecule has 0 bridgehead atoms. The van der Waals surface area contributed by atoms with E-state index < -0.39 is 10.0 Å². The van der Waals surface area contributed by atoms with Gasteiger partial charge in [0.2, 0.25) is 10.0 Å². The number of nitrogens with zero attached hydrogens (tertiary/aromatic N) is 4. The first-order chi connectivity index (χ1) is 11.5. The van der Waals surface area contributed by atoms with E-state index in [2.05, 4.69) is 20.2 Å². The summed E-state index contributed by atoms with van der Waals surface area (Å²) < 4.78 is 28.6. The topological polar surface area (TPSA) is 89.8 Å². The number of nitrogens with one attached hydrogen (secondary N) is 1. The molecule has 7 nitrogen and oxygen atoms in total. The Balaban J connectivity index is 1.81. The van der Waals surface area contributed by atoms with Gasteiger partial charge in [0.05, 0.1) is 17.1 Å². The van der Waals surface area contributed by atoms with E-state index in [0.717, 1.165) is 11.3 Å². The Morgan fingerprint density at radius 2 is 1.92 bits per heavy atom. The quantitative estimate of drug-likeness (QED) is 0.749. The lowest BCUT2D eigenvalue weighted by molar-refractivity contribution is 0.578. The Morgan fingerprint density at radius 3 is 2.62 bits per heavy atom. The molecule has 2 aromatic carbocycles. The van der Waals surface area contributed by atoms with Crippen LogP contribution in [0.5, 0.6) is 0 Å². The number of aromatic nitrogens is 4. The predicted octanol–water partition coefficient (Wildman–Crippen LogP) is 2.10. The minimum Gasteiger partial charge on any atom is -0.207 e. The number of benzene rings is 2. The fourth-order valence-electron chi connectivity index (χ4n) is 2.08. The van der Waals surface area contributed by atoms with E-state index in [4.69, 9.17) is 11.6 Å². The van der Waals surface area contributed by atoms with Gasteiger partial charge in [0, 0.05) is 5.02 Å².